The first kappa shape index (κ1) is 33.4. The molecule has 0 aromatic carbocycles. The van der Waals surface area contributed by atoms with Gasteiger partial charge in [-0.05, 0) is 62.4 Å². The van der Waals surface area contributed by atoms with E-state index in [1.54, 1.807) is 20.8 Å². The molecule has 10 nitrogen and oxygen atoms in total. The molecule has 1 amide bonds. The third-order valence-corrected chi connectivity index (χ3v) is 5.22. The number of amides is 1. The number of rotatable bonds is 19. The minimum Gasteiger partial charge on any atom is -0.460 e. The summed E-state index contributed by atoms with van der Waals surface area (Å²) in [5.41, 5.74) is -0.758. The van der Waals surface area contributed by atoms with Crippen molar-refractivity contribution in [3.63, 3.8) is 0 Å². The number of hydrogen-bond acceptors (Lipinski definition) is 9. The highest BCUT2D eigenvalue weighted by Crippen LogP contribution is 2.16. The largest absolute Gasteiger partial charge is 0.460 e. The summed E-state index contributed by atoms with van der Waals surface area (Å²) in [6, 6.07) is 0. The molecule has 0 aromatic rings. The molecule has 0 saturated heterocycles. The van der Waals surface area contributed by atoms with Crippen molar-refractivity contribution in [2.75, 3.05) is 46.6 Å². The summed E-state index contributed by atoms with van der Waals surface area (Å²) < 4.78 is 28.0. The zero-order valence-corrected chi connectivity index (χ0v) is 23.1. The Labute approximate surface area is 211 Å². The third kappa shape index (κ3) is 14.6. The van der Waals surface area contributed by atoms with Crippen molar-refractivity contribution < 1.29 is 38.4 Å². The smallest absolute Gasteiger partial charge is 0.333 e. The van der Waals surface area contributed by atoms with Crippen molar-refractivity contribution >= 4 is 11.9 Å². The van der Waals surface area contributed by atoms with E-state index in [9.17, 15) is 14.7 Å². The molecule has 206 valence electrons. The number of carbonyl (C=O) groups is 2. The molecule has 0 aromatic heterocycles. The fourth-order valence-electron chi connectivity index (χ4n) is 3.01. The molecule has 0 spiro atoms. The van der Waals surface area contributed by atoms with Gasteiger partial charge in [-0.15, -0.1) is 0 Å². The van der Waals surface area contributed by atoms with Gasteiger partial charge in [-0.3, -0.25) is 9.69 Å². The highest BCUT2D eigenvalue weighted by atomic mass is 16.6. The number of esters is 1. The standard InChI is InChI=1S/C25H48N2O8/c1-17(2)23(29)32-14-13-31-12-11-26-24(30)25(8,9)35-21(7)27(10)15-22(16-28)34-20(6)19(5)33-18(3)4/h18-22,28H,1,11-16H2,2-10H3,(H,26,30). The van der Waals surface area contributed by atoms with Crippen LogP contribution in [0.1, 0.15) is 55.4 Å². The van der Waals surface area contributed by atoms with E-state index in [4.69, 9.17) is 23.7 Å². The second-order valence-electron chi connectivity index (χ2n) is 9.49. The Hall–Kier alpha value is -1.56. The summed E-state index contributed by atoms with van der Waals surface area (Å²) in [6.07, 6.45) is -1.05. The lowest BCUT2D eigenvalue weighted by Crippen LogP contribution is -2.50. The quantitative estimate of drug-likeness (QED) is 0.118. The summed E-state index contributed by atoms with van der Waals surface area (Å²) in [4.78, 5) is 25.8. The Morgan fingerprint density at radius 1 is 1.03 bits per heavy atom. The van der Waals surface area contributed by atoms with Crippen LogP contribution >= 0.6 is 0 Å². The number of likely N-dealkylation sites (N-methyl/N-ethyl adjacent to an activating group) is 1. The minimum atomic E-state index is -1.09. The monoisotopic (exact) mass is 504 g/mol. The van der Waals surface area contributed by atoms with Gasteiger partial charge < -0.3 is 34.1 Å². The third-order valence-electron chi connectivity index (χ3n) is 5.22. The average Bonchev–Trinajstić information content (AvgIpc) is 2.76. The van der Waals surface area contributed by atoms with Gasteiger partial charge in [0.25, 0.3) is 5.91 Å². The molecule has 4 atom stereocenters. The van der Waals surface area contributed by atoms with E-state index >= 15 is 0 Å². The Balaban J connectivity index is 4.43. The van der Waals surface area contributed by atoms with Crippen LogP contribution in [0.5, 0.6) is 0 Å². The first-order chi connectivity index (χ1) is 16.2. The number of aliphatic hydroxyl groups is 1. The average molecular weight is 505 g/mol. The predicted molar refractivity (Wildman–Crippen MR) is 134 cm³/mol. The van der Waals surface area contributed by atoms with Gasteiger partial charge >= 0.3 is 5.97 Å². The molecule has 0 rings (SSSR count). The van der Waals surface area contributed by atoms with Gasteiger partial charge in [0.05, 0.1) is 44.2 Å². The molecule has 0 radical (unpaired) electrons. The molecule has 0 aliphatic carbocycles. The number of ether oxygens (including phenoxy) is 5. The molecule has 0 aliphatic heterocycles. The van der Waals surface area contributed by atoms with Gasteiger partial charge in [0.15, 0.2) is 0 Å². The molecule has 4 unspecified atom stereocenters. The van der Waals surface area contributed by atoms with Gasteiger partial charge in [0.1, 0.15) is 18.4 Å². The molecule has 0 bridgehead atoms. The van der Waals surface area contributed by atoms with Crippen molar-refractivity contribution in [3.05, 3.63) is 12.2 Å². The normalized spacial score (nSPS) is 15.5. The van der Waals surface area contributed by atoms with Gasteiger partial charge in [-0.1, -0.05) is 6.58 Å². The molecule has 2 N–H and O–H groups in total. The van der Waals surface area contributed by atoms with Crippen LogP contribution in [0, 0.1) is 0 Å². The first-order valence-electron chi connectivity index (χ1n) is 12.2. The number of nitrogens with zero attached hydrogens (tertiary/aromatic N) is 1. The maximum Gasteiger partial charge on any atom is 0.333 e. The molecule has 0 heterocycles. The minimum absolute atomic E-state index is 0.0889. The van der Waals surface area contributed by atoms with Gasteiger partial charge in [0.2, 0.25) is 0 Å². The highest BCUT2D eigenvalue weighted by molar-refractivity contribution is 5.86. The van der Waals surface area contributed by atoms with Crippen LogP contribution in [0.3, 0.4) is 0 Å². The van der Waals surface area contributed by atoms with Gasteiger partial charge in [-0.2, -0.15) is 0 Å². The van der Waals surface area contributed by atoms with E-state index in [0.29, 0.717) is 18.7 Å². The fourth-order valence-corrected chi connectivity index (χ4v) is 3.01. The van der Waals surface area contributed by atoms with Crippen LogP contribution in [0.15, 0.2) is 12.2 Å². The van der Waals surface area contributed by atoms with E-state index in [1.807, 2.05) is 46.6 Å². The van der Waals surface area contributed by atoms with Crippen LogP contribution in [0.2, 0.25) is 0 Å². The Kier molecular flexibility index (Phi) is 16.2. The SMILES string of the molecule is C=C(C)C(=O)OCCOCCNC(=O)C(C)(C)OC(C)N(C)CC(CO)OC(C)C(C)OC(C)C. The van der Waals surface area contributed by atoms with Crippen molar-refractivity contribution in [1.82, 2.24) is 10.2 Å². The molecule has 0 saturated carbocycles. The summed E-state index contributed by atoms with van der Waals surface area (Å²) in [7, 11) is 1.85. The zero-order valence-electron chi connectivity index (χ0n) is 23.1. The van der Waals surface area contributed by atoms with E-state index in [1.165, 1.54) is 0 Å². The second-order valence-corrected chi connectivity index (χ2v) is 9.49. The molecule has 35 heavy (non-hydrogen) atoms. The van der Waals surface area contributed by atoms with Crippen molar-refractivity contribution in [1.29, 1.82) is 0 Å². The van der Waals surface area contributed by atoms with Gasteiger partial charge in [-0.25, -0.2) is 4.79 Å². The maximum absolute atomic E-state index is 12.6. The van der Waals surface area contributed by atoms with Crippen LogP contribution in [-0.4, -0.2) is 105 Å². The van der Waals surface area contributed by atoms with Crippen LogP contribution in [-0.2, 0) is 33.3 Å². The highest BCUT2D eigenvalue weighted by Gasteiger charge is 2.32. The topological polar surface area (TPSA) is 116 Å². The summed E-state index contributed by atoms with van der Waals surface area (Å²) in [6.45, 7) is 19.3. The summed E-state index contributed by atoms with van der Waals surface area (Å²) in [5, 5.41) is 12.6. The van der Waals surface area contributed by atoms with E-state index in [2.05, 4.69) is 11.9 Å². The first-order valence-corrected chi connectivity index (χ1v) is 12.2. The summed E-state index contributed by atoms with van der Waals surface area (Å²) in [5.74, 6) is -0.737. The predicted octanol–water partition coefficient (Wildman–Crippen LogP) is 1.89. The number of hydrogen-bond donors (Lipinski definition) is 2. The van der Waals surface area contributed by atoms with E-state index in [0.717, 1.165) is 0 Å². The van der Waals surface area contributed by atoms with Crippen molar-refractivity contribution in [3.8, 4) is 0 Å². The number of nitrogens with one attached hydrogen (secondary N) is 1. The second kappa shape index (κ2) is 17.0. The summed E-state index contributed by atoms with van der Waals surface area (Å²) >= 11 is 0. The molecular weight excluding hydrogens is 456 g/mol. The van der Waals surface area contributed by atoms with Gasteiger partial charge in [0, 0.05) is 18.7 Å². The Bertz CT molecular complexity index is 641. The van der Waals surface area contributed by atoms with Crippen LogP contribution < -0.4 is 5.32 Å². The lowest BCUT2D eigenvalue weighted by Gasteiger charge is -2.35. The Morgan fingerprint density at radius 2 is 1.63 bits per heavy atom. The molecular formula is C25H48N2O8. The van der Waals surface area contributed by atoms with Crippen LogP contribution in [0.25, 0.3) is 0 Å². The lowest BCUT2D eigenvalue weighted by atomic mass is 10.1. The van der Waals surface area contributed by atoms with Crippen LogP contribution in [0.4, 0.5) is 0 Å². The maximum atomic E-state index is 12.6. The molecule has 10 heteroatoms. The number of carbonyl (C=O) groups excluding carboxylic acids is 2. The number of aliphatic hydroxyl groups excluding tert-OH is 1. The molecule has 0 fully saturated rings. The zero-order chi connectivity index (χ0) is 27.2. The fraction of sp³-hybridized carbons (Fsp3) is 0.840. The Morgan fingerprint density at radius 3 is 2.17 bits per heavy atom. The van der Waals surface area contributed by atoms with Crippen molar-refractivity contribution in [2.24, 2.45) is 0 Å². The lowest BCUT2D eigenvalue weighted by molar-refractivity contribution is -0.169. The van der Waals surface area contributed by atoms with E-state index < -0.39 is 23.9 Å². The molecule has 0 aliphatic rings. The van der Waals surface area contributed by atoms with Crippen molar-refractivity contribution in [2.45, 2.75) is 91.6 Å². The van der Waals surface area contributed by atoms with E-state index in [-0.39, 0.29) is 50.6 Å².